The molecule has 196 valence electrons. The Hall–Kier alpha value is -4.12. The van der Waals surface area contributed by atoms with Crippen molar-refractivity contribution in [3.05, 3.63) is 66.5 Å². The van der Waals surface area contributed by atoms with E-state index < -0.39 is 34.2 Å². The number of nitrogens with one attached hydrogen (secondary N) is 1. The van der Waals surface area contributed by atoms with Crippen LogP contribution in [0.5, 0.6) is 0 Å². The number of aryl methyl sites for hydroxylation is 1. The highest BCUT2D eigenvalue weighted by atomic mass is 32.2. The van der Waals surface area contributed by atoms with Crippen LogP contribution in [-0.4, -0.2) is 36.2 Å². The molecular formula is C27H26F2N6O2S. The van der Waals surface area contributed by atoms with Crippen LogP contribution in [-0.2, 0) is 21.5 Å². The second-order valence-corrected chi connectivity index (χ2v) is 11.6. The number of hydrogen-bond donors (Lipinski definition) is 2. The van der Waals surface area contributed by atoms with E-state index in [1.54, 1.807) is 0 Å². The van der Waals surface area contributed by atoms with Gasteiger partial charge in [0.25, 0.3) is 5.91 Å². The van der Waals surface area contributed by atoms with E-state index in [1.165, 1.54) is 31.2 Å². The molecule has 3 N–H and O–H groups in total. The van der Waals surface area contributed by atoms with Crippen LogP contribution < -0.4 is 11.1 Å². The van der Waals surface area contributed by atoms with Gasteiger partial charge in [-0.3, -0.25) is 4.79 Å². The van der Waals surface area contributed by atoms with Gasteiger partial charge in [0.2, 0.25) is 0 Å². The molecular weight excluding hydrogens is 510 g/mol. The van der Waals surface area contributed by atoms with E-state index in [2.05, 4.69) is 26.2 Å². The number of fused-ring (bicyclic) bond motifs is 1. The van der Waals surface area contributed by atoms with Crippen molar-refractivity contribution in [2.75, 3.05) is 22.6 Å². The van der Waals surface area contributed by atoms with Crippen LogP contribution in [0.2, 0.25) is 0 Å². The molecule has 0 bridgehead atoms. The molecule has 1 fully saturated rings. The van der Waals surface area contributed by atoms with Gasteiger partial charge in [-0.15, -0.1) is 0 Å². The largest absolute Gasteiger partial charge is 0.383 e. The van der Waals surface area contributed by atoms with E-state index in [0.29, 0.717) is 11.5 Å². The maximum absolute atomic E-state index is 15.7. The summed E-state index contributed by atoms with van der Waals surface area (Å²) < 4.78 is 73.9. The van der Waals surface area contributed by atoms with E-state index in [0.717, 1.165) is 35.9 Å². The molecule has 38 heavy (non-hydrogen) atoms. The molecule has 0 unspecified atom stereocenters. The Morgan fingerprint density at radius 1 is 1.18 bits per heavy atom. The molecule has 0 saturated carbocycles. The lowest BCUT2D eigenvalue weighted by Gasteiger charge is -2.12. The second-order valence-electron chi connectivity index (χ2n) is 9.09. The molecule has 0 aliphatic carbocycles. The smallest absolute Gasteiger partial charge is 0.250 e. The summed E-state index contributed by atoms with van der Waals surface area (Å²) in [7, 11) is -2.56. The van der Waals surface area contributed by atoms with Crippen LogP contribution in [0.4, 0.5) is 26.0 Å². The third kappa shape index (κ3) is 4.53. The molecule has 5 rings (SSSR count). The summed E-state index contributed by atoms with van der Waals surface area (Å²) in [5.41, 5.74) is 6.26. The topological polar surface area (TPSA) is 115 Å². The molecule has 2 aromatic heterocycles. The third-order valence-electron chi connectivity index (χ3n) is 6.33. The number of carbonyl (C=O) groups is 1. The highest BCUT2D eigenvalue weighted by Gasteiger charge is 2.25. The van der Waals surface area contributed by atoms with Crippen molar-refractivity contribution >= 4 is 43.9 Å². The molecule has 3 heterocycles. The van der Waals surface area contributed by atoms with E-state index in [9.17, 15) is 9.00 Å². The normalized spacial score (nSPS) is 16.0. The molecule has 2 aromatic carbocycles. The Morgan fingerprint density at radius 2 is 1.95 bits per heavy atom. The zero-order valence-electron chi connectivity index (χ0n) is 23.4. The van der Waals surface area contributed by atoms with Crippen molar-refractivity contribution < 1.29 is 21.9 Å². The van der Waals surface area contributed by atoms with E-state index in [-0.39, 0.29) is 56.2 Å². The number of nitrogens with zero attached hydrogens (tertiary/aromatic N) is 4. The van der Waals surface area contributed by atoms with Crippen molar-refractivity contribution in [3.63, 3.8) is 0 Å². The lowest BCUT2D eigenvalue weighted by molar-refractivity contribution is -0.112. The number of halogens is 2. The second kappa shape index (κ2) is 9.64. The summed E-state index contributed by atoms with van der Waals surface area (Å²) in [6, 6.07) is 7.69. The molecule has 1 aliphatic heterocycles. The average molecular weight is 540 g/mol. The summed E-state index contributed by atoms with van der Waals surface area (Å²) in [4.78, 5) is 20.2. The standard InChI is InChI=1S/C27H26F2N6O2S/c1-15(2)27(36)33-17-7-8-18(19(28)13-17)24-22(23-25(30)31-14-32-26(23)35(24)3)16-6-9-21(20(29)12-16)34-38(37)10-4-5-11-38/h6-9,12-14H,1,4-5,10-11H2,2-3H3,(H,33,36)(H2,30,31,32)/i3D3. The number of amides is 1. The minimum Gasteiger partial charge on any atom is -0.383 e. The Labute approximate surface area is 223 Å². The maximum atomic E-state index is 15.7. The summed E-state index contributed by atoms with van der Waals surface area (Å²) >= 11 is 0. The minimum atomic E-state index is -2.86. The molecule has 11 heteroatoms. The maximum Gasteiger partial charge on any atom is 0.250 e. The van der Waals surface area contributed by atoms with E-state index in [1.807, 2.05) is 0 Å². The van der Waals surface area contributed by atoms with Gasteiger partial charge < -0.3 is 15.6 Å². The van der Waals surface area contributed by atoms with E-state index in [4.69, 9.17) is 9.85 Å². The number of carbonyl (C=O) groups excluding carboxylic acids is 1. The van der Waals surface area contributed by atoms with Crippen LogP contribution in [0.15, 0.2) is 59.2 Å². The minimum absolute atomic E-state index is 0.0855. The van der Waals surface area contributed by atoms with Gasteiger partial charge in [0.1, 0.15) is 35.1 Å². The van der Waals surface area contributed by atoms with Crippen molar-refractivity contribution in [3.8, 4) is 22.4 Å². The Kier molecular flexibility index (Phi) is 5.56. The molecule has 0 spiro atoms. The monoisotopic (exact) mass is 539 g/mol. The number of anilines is 2. The van der Waals surface area contributed by atoms with Gasteiger partial charge >= 0.3 is 0 Å². The SMILES string of the molecule is [2H]C([2H])([2H])n1c(-c2ccc(NC(=O)C(=C)C)cc2F)c(-c2ccc(N=S3(=O)CCCC3)c(F)c2)c2c(N)ncnc21. The predicted molar refractivity (Wildman–Crippen MR) is 146 cm³/mol. The number of nitrogens with two attached hydrogens (primary N) is 1. The molecule has 8 nitrogen and oxygen atoms in total. The lowest BCUT2D eigenvalue weighted by Crippen LogP contribution is -2.12. The fraction of sp³-hybridized carbons (Fsp3) is 0.222. The highest BCUT2D eigenvalue weighted by molar-refractivity contribution is 7.93. The fourth-order valence-corrected chi connectivity index (χ4v) is 6.66. The first-order valence-electron chi connectivity index (χ1n) is 13.2. The average Bonchev–Trinajstić information content (AvgIpc) is 3.47. The van der Waals surface area contributed by atoms with Gasteiger partial charge in [-0.1, -0.05) is 12.6 Å². The lowest BCUT2D eigenvalue weighted by atomic mass is 9.98. The summed E-state index contributed by atoms with van der Waals surface area (Å²) in [5.74, 6) is -1.48. The molecule has 4 aromatic rings. The first-order valence-corrected chi connectivity index (χ1v) is 13.6. The van der Waals surface area contributed by atoms with E-state index >= 15 is 8.78 Å². The van der Waals surface area contributed by atoms with Crippen molar-refractivity contribution in [1.82, 2.24) is 14.5 Å². The van der Waals surface area contributed by atoms with Gasteiger partial charge in [0.15, 0.2) is 0 Å². The van der Waals surface area contributed by atoms with Gasteiger partial charge in [0.05, 0.1) is 20.8 Å². The Bertz CT molecular complexity index is 1850. The third-order valence-corrected chi connectivity index (χ3v) is 8.71. The van der Waals surface area contributed by atoms with Crippen molar-refractivity contribution in [1.29, 1.82) is 0 Å². The fourth-order valence-electron chi connectivity index (χ4n) is 4.46. The van der Waals surface area contributed by atoms with Gasteiger partial charge in [-0.05, 0) is 55.7 Å². The van der Waals surface area contributed by atoms with Crippen LogP contribution >= 0.6 is 0 Å². The summed E-state index contributed by atoms with van der Waals surface area (Å²) in [5, 5.41) is 2.60. The predicted octanol–water partition coefficient (Wildman–Crippen LogP) is 5.57. The first kappa shape index (κ1) is 21.9. The van der Waals surface area contributed by atoms with Crippen LogP contribution in [0, 0.1) is 11.6 Å². The van der Waals surface area contributed by atoms with Crippen molar-refractivity contribution in [2.45, 2.75) is 19.8 Å². The highest BCUT2D eigenvalue weighted by Crippen LogP contribution is 2.43. The van der Waals surface area contributed by atoms with Crippen LogP contribution in [0.1, 0.15) is 23.9 Å². The zero-order chi connectivity index (χ0) is 29.7. The number of aromatic nitrogens is 3. The number of benzene rings is 2. The van der Waals surface area contributed by atoms with Gasteiger partial charge in [-0.25, -0.2) is 23.0 Å². The van der Waals surface area contributed by atoms with Gasteiger partial charge in [-0.2, -0.15) is 4.36 Å². The molecule has 1 amide bonds. The molecule has 0 radical (unpaired) electrons. The first-order chi connectivity index (χ1) is 19.3. The molecule has 1 saturated heterocycles. The van der Waals surface area contributed by atoms with Crippen LogP contribution in [0.25, 0.3) is 33.4 Å². The zero-order valence-corrected chi connectivity index (χ0v) is 21.2. The summed E-state index contributed by atoms with van der Waals surface area (Å²) in [6.07, 6.45) is 2.59. The number of nitrogen functional groups attached to an aromatic ring is 1. The summed E-state index contributed by atoms with van der Waals surface area (Å²) in [6.45, 7) is 2.19. The van der Waals surface area contributed by atoms with Crippen LogP contribution in [0.3, 0.4) is 0 Å². The number of hydrogen-bond acceptors (Lipinski definition) is 6. The quantitative estimate of drug-likeness (QED) is 0.322. The number of rotatable bonds is 5. The Balaban J connectivity index is 1.78. The van der Waals surface area contributed by atoms with Crippen molar-refractivity contribution in [2.24, 2.45) is 11.3 Å². The molecule has 1 aliphatic rings. The van der Waals surface area contributed by atoms with Gasteiger partial charge in [0, 0.05) is 45.0 Å². The molecule has 0 atom stereocenters. The Morgan fingerprint density at radius 3 is 2.61 bits per heavy atom.